The second-order valence-electron chi connectivity index (χ2n) is 14.4. The summed E-state index contributed by atoms with van der Waals surface area (Å²) in [5, 5.41) is 10.6. The van der Waals surface area contributed by atoms with Crippen LogP contribution in [0.1, 0.15) is 82.0 Å². The molecule has 4 atom stereocenters. The Balaban J connectivity index is 1.34. The minimum absolute atomic E-state index is 0.0302. The molecule has 3 aromatic carbocycles. The quantitative estimate of drug-likeness (QED) is 0.0575. The van der Waals surface area contributed by atoms with Crippen LogP contribution in [0.2, 0.25) is 0 Å². The Morgan fingerprint density at radius 1 is 0.868 bits per heavy atom. The Kier molecular flexibility index (Phi) is 15.5. The normalized spacial score (nSPS) is 15.7. The predicted octanol–water partition coefficient (Wildman–Crippen LogP) is 7.47. The maximum atomic E-state index is 14.2. The number of aromatic amines is 1. The molecule has 0 aliphatic heterocycles. The Bertz CT molecular complexity index is 1760. The summed E-state index contributed by atoms with van der Waals surface area (Å²) in [7, 11) is -2.41. The Morgan fingerprint density at radius 2 is 1.58 bits per heavy atom. The number of fused-ring (bicyclic) bond motifs is 1. The molecule has 0 spiro atoms. The molecular weight excluding hydrogens is 689 g/mol. The van der Waals surface area contributed by atoms with E-state index >= 15 is 0 Å². The van der Waals surface area contributed by atoms with Crippen LogP contribution in [0.25, 0.3) is 10.8 Å². The maximum absolute atomic E-state index is 14.2. The molecule has 3 amide bonds. The number of ether oxygens (including phenoxy) is 1. The largest absolute Gasteiger partial charge is 0.445 e. The van der Waals surface area contributed by atoms with Gasteiger partial charge in [0.15, 0.2) is 8.03 Å². The summed E-state index contributed by atoms with van der Waals surface area (Å²) < 4.78 is 24.7. The van der Waals surface area contributed by atoms with E-state index in [-0.39, 0.29) is 19.4 Å². The summed E-state index contributed by atoms with van der Waals surface area (Å²) in [6.07, 6.45) is 10.1. The van der Waals surface area contributed by atoms with Crippen LogP contribution >= 0.6 is 8.03 Å². The average molecular weight is 744 g/mol. The zero-order chi connectivity index (χ0) is 37.4. The van der Waals surface area contributed by atoms with Gasteiger partial charge in [-0.3, -0.25) is 14.2 Å². The number of rotatable bonds is 19. The monoisotopic (exact) mass is 743 g/mol. The van der Waals surface area contributed by atoms with Crippen LogP contribution in [0.15, 0.2) is 85.3 Å². The van der Waals surface area contributed by atoms with E-state index in [2.05, 4.69) is 39.8 Å². The van der Waals surface area contributed by atoms with Crippen LogP contribution in [0.4, 0.5) is 4.79 Å². The SMILES string of the molecule is CC(C)CCC[PH](=O)OC(CC1CCCCC1)NC(=O)[C@H](Cc1c[nH]cn1)NC(=O)C(Cc1cccc2ccccc12)NC(=O)OCc1ccccc1. The van der Waals surface area contributed by atoms with Crippen LogP contribution in [-0.2, 0) is 42.9 Å². The highest BCUT2D eigenvalue weighted by Crippen LogP contribution is 2.32. The lowest BCUT2D eigenvalue weighted by Gasteiger charge is -2.29. The molecule has 1 aliphatic rings. The number of imidazole rings is 1. The van der Waals surface area contributed by atoms with Crippen molar-refractivity contribution < 1.29 is 28.2 Å². The van der Waals surface area contributed by atoms with Crippen LogP contribution in [0.5, 0.6) is 0 Å². The number of benzene rings is 3. The van der Waals surface area contributed by atoms with E-state index in [1.807, 2.05) is 72.8 Å². The van der Waals surface area contributed by atoms with E-state index in [9.17, 15) is 18.9 Å². The fourth-order valence-corrected chi connectivity index (χ4v) is 7.98. The molecule has 5 rings (SSSR count). The minimum Gasteiger partial charge on any atom is -0.445 e. The fourth-order valence-electron chi connectivity index (χ4n) is 6.89. The van der Waals surface area contributed by atoms with Gasteiger partial charge in [0, 0.05) is 25.2 Å². The number of amides is 3. The first-order chi connectivity index (χ1) is 25.7. The molecule has 0 bridgehead atoms. The molecule has 11 nitrogen and oxygen atoms in total. The molecule has 1 saturated carbocycles. The lowest BCUT2D eigenvalue weighted by atomic mass is 9.86. The van der Waals surface area contributed by atoms with Gasteiger partial charge in [-0.15, -0.1) is 0 Å². The van der Waals surface area contributed by atoms with Gasteiger partial charge in [-0.2, -0.15) is 0 Å². The molecule has 4 aromatic rings. The van der Waals surface area contributed by atoms with Crippen molar-refractivity contribution in [3.8, 4) is 0 Å². The average Bonchev–Trinajstić information content (AvgIpc) is 3.67. The number of carbonyl (C=O) groups is 3. The molecule has 1 aromatic heterocycles. The zero-order valence-corrected chi connectivity index (χ0v) is 31.9. The van der Waals surface area contributed by atoms with E-state index < -0.39 is 44.2 Å². The highest BCUT2D eigenvalue weighted by molar-refractivity contribution is 7.39. The first-order valence-electron chi connectivity index (χ1n) is 18.9. The van der Waals surface area contributed by atoms with Gasteiger partial charge in [-0.1, -0.05) is 125 Å². The third kappa shape index (κ3) is 13.2. The number of nitrogens with one attached hydrogen (secondary N) is 4. The van der Waals surface area contributed by atoms with E-state index in [0.717, 1.165) is 60.4 Å². The summed E-state index contributed by atoms with van der Waals surface area (Å²) in [5.41, 5.74) is 2.22. The van der Waals surface area contributed by atoms with E-state index in [0.29, 0.717) is 30.1 Å². The van der Waals surface area contributed by atoms with Gasteiger partial charge < -0.3 is 30.2 Å². The Hall–Kier alpha value is -4.47. The molecule has 53 heavy (non-hydrogen) atoms. The molecule has 0 radical (unpaired) electrons. The maximum Gasteiger partial charge on any atom is 0.408 e. The van der Waals surface area contributed by atoms with Crippen LogP contribution in [0, 0.1) is 11.8 Å². The van der Waals surface area contributed by atoms with Crippen LogP contribution < -0.4 is 16.0 Å². The van der Waals surface area contributed by atoms with Gasteiger partial charge in [0.2, 0.25) is 11.8 Å². The lowest BCUT2D eigenvalue weighted by molar-refractivity contribution is -0.131. The summed E-state index contributed by atoms with van der Waals surface area (Å²) in [6, 6.07) is 20.8. The molecule has 284 valence electrons. The van der Waals surface area contributed by atoms with E-state index in [4.69, 9.17) is 9.26 Å². The topological polar surface area (TPSA) is 152 Å². The molecule has 12 heteroatoms. The van der Waals surface area contributed by atoms with Crippen molar-refractivity contribution in [1.82, 2.24) is 25.9 Å². The van der Waals surface area contributed by atoms with Gasteiger partial charge in [-0.05, 0) is 46.6 Å². The third-order valence-corrected chi connectivity index (χ3v) is 11.0. The molecule has 3 unspecified atom stereocenters. The van der Waals surface area contributed by atoms with E-state index in [1.54, 1.807) is 6.20 Å². The molecule has 0 saturated heterocycles. The van der Waals surface area contributed by atoms with Crippen molar-refractivity contribution in [2.24, 2.45) is 11.8 Å². The Labute approximate surface area is 313 Å². The van der Waals surface area contributed by atoms with Crippen molar-refractivity contribution in [2.45, 2.75) is 103 Å². The number of H-pyrrole nitrogens is 1. The van der Waals surface area contributed by atoms with Crippen LogP contribution in [0.3, 0.4) is 0 Å². The molecule has 1 aliphatic carbocycles. The van der Waals surface area contributed by atoms with Crippen molar-refractivity contribution in [1.29, 1.82) is 0 Å². The summed E-state index contributed by atoms with van der Waals surface area (Å²) in [5.74, 6) is -0.194. The number of alkyl carbamates (subject to hydrolysis) is 1. The zero-order valence-electron chi connectivity index (χ0n) is 30.9. The fraction of sp³-hybridized carbons (Fsp3) is 0.463. The molecule has 1 fully saturated rings. The highest BCUT2D eigenvalue weighted by Gasteiger charge is 2.31. The second-order valence-corrected chi connectivity index (χ2v) is 15.9. The predicted molar refractivity (Wildman–Crippen MR) is 208 cm³/mol. The summed E-state index contributed by atoms with van der Waals surface area (Å²) in [4.78, 5) is 48.7. The molecule has 1 heterocycles. The smallest absolute Gasteiger partial charge is 0.408 e. The van der Waals surface area contributed by atoms with E-state index in [1.165, 1.54) is 12.7 Å². The first-order valence-corrected chi connectivity index (χ1v) is 20.5. The van der Waals surface area contributed by atoms with Crippen molar-refractivity contribution >= 4 is 36.7 Å². The summed E-state index contributed by atoms with van der Waals surface area (Å²) in [6.45, 7) is 4.30. The number of hydrogen-bond acceptors (Lipinski definition) is 7. The van der Waals surface area contributed by atoms with Gasteiger partial charge in [0.05, 0.1) is 12.0 Å². The number of nitrogens with zero attached hydrogens (tertiary/aromatic N) is 1. The molecular formula is C41H54N5O6P. The van der Waals surface area contributed by atoms with Crippen molar-refractivity contribution in [2.75, 3.05) is 6.16 Å². The summed E-state index contributed by atoms with van der Waals surface area (Å²) >= 11 is 0. The number of carbonyl (C=O) groups excluding carboxylic acids is 3. The van der Waals surface area contributed by atoms with Gasteiger partial charge in [0.25, 0.3) is 0 Å². The van der Waals surface area contributed by atoms with Gasteiger partial charge in [0.1, 0.15) is 24.9 Å². The van der Waals surface area contributed by atoms with Gasteiger partial charge >= 0.3 is 6.09 Å². The first kappa shape index (κ1) is 39.7. The second kappa shape index (κ2) is 20.7. The highest BCUT2D eigenvalue weighted by atomic mass is 31.1. The van der Waals surface area contributed by atoms with Crippen molar-refractivity contribution in [3.63, 3.8) is 0 Å². The lowest BCUT2D eigenvalue weighted by Crippen LogP contribution is -2.56. The van der Waals surface area contributed by atoms with Gasteiger partial charge in [-0.25, -0.2) is 9.78 Å². The standard InChI is InChI=1S/C41H54N5O6P/c1-29(2)13-12-22-53(50)52-38(23-30-14-5-3-6-15-30)46-40(48)37(25-34-26-42-28-43-34)44-39(47)36(45-41(49)51-27-31-16-7-4-8-17-31)24-33-20-11-19-32-18-9-10-21-35(32)33/h4,7-11,16-21,26,28-30,36-38,53H,3,5-6,12-15,22-25,27H2,1-2H3,(H,42,43)(H,44,47)(H,45,49)(H,46,48)/t36?,37-,38?/m0/s1. The Morgan fingerprint density at radius 3 is 2.34 bits per heavy atom. The van der Waals surface area contributed by atoms with Crippen molar-refractivity contribution in [3.05, 3.63) is 102 Å². The number of aromatic nitrogens is 2. The molecule has 4 N–H and O–H groups in total. The van der Waals surface area contributed by atoms with Crippen LogP contribution in [-0.4, -0.2) is 52.3 Å². The minimum atomic E-state index is -2.41. The number of hydrogen-bond donors (Lipinski definition) is 4. The third-order valence-electron chi connectivity index (χ3n) is 9.74.